The third-order valence-electron chi connectivity index (χ3n) is 3.58. The molecule has 0 aliphatic carbocycles. The van der Waals surface area contributed by atoms with Crippen LogP contribution in [0.3, 0.4) is 0 Å². The van der Waals surface area contributed by atoms with Gasteiger partial charge in [-0.2, -0.15) is 0 Å². The van der Waals surface area contributed by atoms with Crippen molar-refractivity contribution in [3.8, 4) is 5.75 Å². The summed E-state index contributed by atoms with van der Waals surface area (Å²) in [5.41, 5.74) is 2.29. The van der Waals surface area contributed by atoms with E-state index >= 15 is 0 Å². The Bertz CT molecular complexity index is 569. The van der Waals surface area contributed by atoms with E-state index < -0.39 is 10.0 Å². The van der Waals surface area contributed by atoms with Crippen LogP contribution in [-0.4, -0.2) is 38.2 Å². The number of halogens is 1. The summed E-state index contributed by atoms with van der Waals surface area (Å²) in [5, 5.41) is 0. The second-order valence-corrected chi connectivity index (χ2v) is 8.13. The van der Waals surface area contributed by atoms with Gasteiger partial charge in [0.15, 0.2) is 0 Å². The molecule has 6 heteroatoms. The Hall–Kier alpha value is -0.590. The van der Waals surface area contributed by atoms with Gasteiger partial charge in [-0.3, -0.25) is 0 Å². The van der Waals surface area contributed by atoms with Crippen molar-refractivity contribution in [1.29, 1.82) is 0 Å². The van der Waals surface area contributed by atoms with Gasteiger partial charge in [0.05, 0.1) is 6.26 Å². The number of ether oxygens (including phenoxy) is 1. The van der Waals surface area contributed by atoms with Gasteiger partial charge in [-0.05, 0) is 49.9 Å². The molecule has 1 aliphatic heterocycles. The third kappa shape index (κ3) is 3.74. The predicted molar refractivity (Wildman–Crippen MR) is 83.7 cm³/mol. The molecule has 0 radical (unpaired) electrons. The molecule has 20 heavy (non-hydrogen) atoms. The van der Waals surface area contributed by atoms with Crippen LogP contribution in [-0.2, 0) is 10.0 Å². The van der Waals surface area contributed by atoms with Crippen molar-refractivity contribution in [3.63, 3.8) is 0 Å². The molecule has 0 amide bonds. The van der Waals surface area contributed by atoms with Crippen molar-refractivity contribution in [3.05, 3.63) is 27.7 Å². The molecule has 1 heterocycles. The Morgan fingerprint density at radius 3 is 2.15 bits per heavy atom. The highest BCUT2D eigenvalue weighted by Gasteiger charge is 2.26. The molecule has 1 fully saturated rings. The summed E-state index contributed by atoms with van der Waals surface area (Å²) in [4.78, 5) is 0. The number of aryl methyl sites for hydroxylation is 2. The van der Waals surface area contributed by atoms with Crippen molar-refractivity contribution in [2.75, 3.05) is 19.3 Å². The van der Waals surface area contributed by atoms with Crippen LogP contribution in [0.15, 0.2) is 16.6 Å². The maximum atomic E-state index is 11.5. The Morgan fingerprint density at radius 1 is 1.20 bits per heavy atom. The first-order valence-corrected chi connectivity index (χ1v) is 9.30. The SMILES string of the molecule is Cc1cc(OC2CCN(S(C)(=O)=O)CC2)cc(C)c1Br. The fourth-order valence-electron chi connectivity index (χ4n) is 2.45. The average Bonchev–Trinajstić information content (AvgIpc) is 2.35. The molecule has 1 aromatic rings. The van der Waals surface area contributed by atoms with Gasteiger partial charge in [-0.15, -0.1) is 0 Å². The Balaban J connectivity index is 2.00. The van der Waals surface area contributed by atoms with Crippen LogP contribution in [0.25, 0.3) is 0 Å². The number of nitrogens with zero attached hydrogens (tertiary/aromatic N) is 1. The second-order valence-electron chi connectivity index (χ2n) is 5.35. The summed E-state index contributed by atoms with van der Waals surface area (Å²) >= 11 is 3.54. The highest BCUT2D eigenvalue weighted by Crippen LogP contribution is 2.28. The molecule has 0 spiro atoms. The zero-order chi connectivity index (χ0) is 14.9. The van der Waals surface area contributed by atoms with Crippen LogP contribution in [0.1, 0.15) is 24.0 Å². The van der Waals surface area contributed by atoms with E-state index in [1.807, 2.05) is 26.0 Å². The highest BCUT2D eigenvalue weighted by atomic mass is 79.9. The van der Waals surface area contributed by atoms with Gasteiger partial charge in [-0.25, -0.2) is 12.7 Å². The zero-order valence-corrected chi connectivity index (χ0v) is 14.4. The molecule has 0 saturated carbocycles. The monoisotopic (exact) mass is 361 g/mol. The van der Waals surface area contributed by atoms with E-state index in [0.29, 0.717) is 13.1 Å². The largest absolute Gasteiger partial charge is 0.490 e. The number of rotatable bonds is 3. The molecular weight excluding hydrogens is 342 g/mol. The van der Waals surface area contributed by atoms with Gasteiger partial charge in [-0.1, -0.05) is 15.9 Å². The zero-order valence-electron chi connectivity index (χ0n) is 12.0. The summed E-state index contributed by atoms with van der Waals surface area (Å²) in [5.74, 6) is 0.862. The van der Waals surface area contributed by atoms with Crippen molar-refractivity contribution in [2.45, 2.75) is 32.8 Å². The Morgan fingerprint density at radius 2 is 1.70 bits per heavy atom. The van der Waals surface area contributed by atoms with E-state index in [0.717, 1.165) is 34.2 Å². The maximum Gasteiger partial charge on any atom is 0.211 e. The van der Waals surface area contributed by atoms with Crippen LogP contribution in [0.2, 0.25) is 0 Å². The summed E-state index contributed by atoms with van der Waals surface area (Å²) in [6, 6.07) is 4.03. The minimum atomic E-state index is -3.07. The van der Waals surface area contributed by atoms with Gasteiger partial charge in [0.25, 0.3) is 0 Å². The van der Waals surface area contributed by atoms with Gasteiger partial charge in [0, 0.05) is 17.6 Å². The summed E-state index contributed by atoms with van der Waals surface area (Å²) in [6.07, 6.45) is 2.82. The lowest BCUT2D eigenvalue weighted by Gasteiger charge is -2.30. The standard InChI is InChI=1S/C14H20BrNO3S/c1-10-8-13(9-11(2)14(10)15)19-12-4-6-16(7-5-12)20(3,17)18/h8-9,12H,4-7H2,1-3H3. The number of benzene rings is 1. The quantitative estimate of drug-likeness (QED) is 0.831. The fourth-order valence-corrected chi connectivity index (χ4v) is 3.55. The molecule has 1 saturated heterocycles. The predicted octanol–water partition coefficient (Wildman–Crippen LogP) is 2.87. The lowest BCUT2D eigenvalue weighted by Crippen LogP contribution is -2.41. The van der Waals surface area contributed by atoms with Crippen molar-refractivity contribution in [2.24, 2.45) is 0 Å². The summed E-state index contributed by atoms with van der Waals surface area (Å²) < 4.78 is 31.5. The second kappa shape index (κ2) is 6.03. The van der Waals surface area contributed by atoms with Crippen LogP contribution >= 0.6 is 15.9 Å². The molecule has 4 nitrogen and oxygen atoms in total. The van der Waals surface area contributed by atoms with E-state index in [4.69, 9.17) is 4.74 Å². The van der Waals surface area contributed by atoms with Crippen LogP contribution < -0.4 is 4.74 Å². The average molecular weight is 362 g/mol. The van der Waals surface area contributed by atoms with E-state index in [9.17, 15) is 8.42 Å². The van der Waals surface area contributed by atoms with Gasteiger partial charge in [0.1, 0.15) is 11.9 Å². The molecule has 0 aromatic heterocycles. The molecule has 0 atom stereocenters. The first-order valence-electron chi connectivity index (χ1n) is 6.66. The van der Waals surface area contributed by atoms with Crippen molar-refractivity contribution in [1.82, 2.24) is 4.31 Å². The number of sulfonamides is 1. The smallest absolute Gasteiger partial charge is 0.211 e. The van der Waals surface area contributed by atoms with E-state index in [-0.39, 0.29) is 6.10 Å². The van der Waals surface area contributed by atoms with Gasteiger partial charge >= 0.3 is 0 Å². The van der Waals surface area contributed by atoms with E-state index in [1.54, 1.807) is 0 Å². The molecule has 2 rings (SSSR count). The van der Waals surface area contributed by atoms with Crippen molar-refractivity contribution < 1.29 is 13.2 Å². The Labute approximate surface area is 129 Å². The van der Waals surface area contributed by atoms with Gasteiger partial charge in [0.2, 0.25) is 10.0 Å². The highest BCUT2D eigenvalue weighted by molar-refractivity contribution is 9.10. The molecule has 1 aromatic carbocycles. The topological polar surface area (TPSA) is 46.6 Å². The third-order valence-corrected chi connectivity index (χ3v) is 6.14. The lowest BCUT2D eigenvalue weighted by atomic mass is 10.1. The molecule has 0 unspecified atom stereocenters. The molecule has 1 aliphatic rings. The summed E-state index contributed by atoms with van der Waals surface area (Å²) in [7, 11) is -3.07. The van der Waals surface area contributed by atoms with Crippen LogP contribution in [0, 0.1) is 13.8 Å². The first kappa shape index (κ1) is 15.8. The number of hydrogen-bond acceptors (Lipinski definition) is 3. The van der Waals surface area contributed by atoms with Crippen molar-refractivity contribution >= 4 is 26.0 Å². The molecule has 112 valence electrons. The minimum absolute atomic E-state index is 0.0907. The fraction of sp³-hybridized carbons (Fsp3) is 0.571. The normalized spacial score (nSPS) is 18.2. The molecular formula is C14H20BrNO3S. The molecule has 0 N–H and O–H groups in total. The van der Waals surface area contributed by atoms with Crippen LogP contribution in [0.5, 0.6) is 5.75 Å². The van der Waals surface area contributed by atoms with Crippen LogP contribution in [0.4, 0.5) is 0 Å². The number of hydrogen-bond donors (Lipinski definition) is 0. The van der Waals surface area contributed by atoms with Gasteiger partial charge < -0.3 is 4.74 Å². The van der Waals surface area contributed by atoms with E-state index in [2.05, 4.69) is 15.9 Å². The Kier molecular flexibility index (Phi) is 4.76. The first-order chi connectivity index (χ1) is 9.27. The number of piperidine rings is 1. The van der Waals surface area contributed by atoms with E-state index in [1.165, 1.54) is 10.6 Å². The summed E-state index contributed by atoms with van der Waals surface area (Å²) in [6.45, 7) is 5.16. The minimum Gasteiger partial charge on any atom is -0.490 e. The molecule has 0 bridgehead atoms. The lowest BCUT2D eigenvalue weighted by molar-refractivity contribution is 0.135. The maximum absolute atomic E-state index is 11.5.